The third-order valence-corrected chi connectivity index (χ3v) is 6.21. The molecule has 1 atom stereocenters. The molecule has 1 N–H and O–H groups in total. The molecular weight excluding hydrogens is 480 g/mol. The highest BCUT2D eigenvalue weighted by molar-refractivity contribution is 6.04. The smallest absolute Gasteiger partial charge is 0.308 e. The molecule has 0 bridgehead atoms. The van der Waals surface area contributed by atoms with Crippen LogP contribution in [0.5, 0.6) is 11.5 Å². The van der Waals surface area contributed by atoms with E-state index in [4.69, 9.17) is 9.47 Å². The molecule has 0 saturated heterocycles. The third kappa shape index (κ3) is 5.90. The lowest BCUT2D eigenvalue weighted by Crippen LogP contribution is -2.45. The van der Waals surface area contributed by atoms with Crippen LogP contribution in [0.3, 0.4) is 0 Å². The molecule has 190 valence electrons. The summed E-state index contributed by atoms with van der Waals surface area (Å²) in [4.78, 5) is 41.0. The zero-order valence-electron chi connectivity index (χ0n) is 20.6. The van der Waals surface area contributed by atoms with Gasteiger partial charge in [0.25, 0.3) is 5.91 Å². The Bertz CT molecular complexity index is 1440. The molecule has 1 unspecified atom stereocenters. The fourth-order valence-corrected chi connectivity index (χ4v) is 4.32. The summed E-state index contributed by atoms with van der Waals surface area (Å²) in [6.07, 6.45) is -0.279. The summed E-state index contributed by atoms with van der Waals surface area (Å²) in [6.45, 7) is 0.317. The largest absolute Gasteiger partial charge is 0.461 e. The van der Waals surface area contributed by atoms with Gasteiger partial charge in [-0.1, -0.05) is 72.8 Å². The number of nitrogens with zero attached hydrogens (tertiary/aromatic N) is 1. The molecule has 1 aliphatic rings. The Morgan fingerprint density at radius 3 is 2.26 bits per heavy atom. The van der Waals surface area contributed by atoms with Gasteiger partial charge in [-0.3, -0.25) is 14.4 Å². The van der Waals surface area contributed by atoms with E-state index >= 15 is 0 Å². The monoisotopic (exact) mass is 506 g/mol. The number of hydrogen-bond donors (Lipinski definition) is 1. The van der Waals surface area contributed by atoms with Gasteiger partial charge in [0, 0.05) is 23.9 Å². The lowest BCUT2D eigenvalue weighted by Gasteiger charge is -2.26. The second-order valence-corrected chi connectivity index (χ2v) is 8.89. The molecule has 1 aliphatic heterocycles. The van der Waals surface area contributed by atoms with Gasteiger partial charge >= 0.3 is 5.97 Å². The number of benzene rings is 4. The van der Waals surface area contributed by atoms with E-state index in [2.05, 4.69) is 5.32 Å². The summed E-state index contributed by atoms with van der Waals surface area (Å²) in [6, 6.07) is 31.7. The molecular formula is C31H26N2O5. The number of fused-ring (bicyclic) bond motifs is 1. The minimum Gasteiger partial charge on any atom is -0.461 e. The Morgan fingerprint density at radius 2 is 1.50 bits per heavy atom. The summed E-state index contributed by atoms with van der Waals surface area (Å²) in [5, 5.41) is 2.85. The van der Waals surface area contributed by atoms with Crippen LogP contribution in [0.25, 0.3) is 0 Å². The number of carbonyl (C=O) groups excluding carboxylic acids is 3. The normalized spacial score (nSPS) is 12.9. The minimum absolute atomic E-state index is 0.0844. The number of esters is 1. The number of carbonyl (C=O) groups is 3. The summed E-state index contributed by atoms with van der Waals surface area (Å²) in [5.74, 6) is -0.149. The Morgan fingerprint density at radius 1 is 0.816 bits per heavy atom. The zero-order chi connectivity index (χ0) is 26.3. The van der Waals surface area contributed by atoms with Gasteiger partial charge in [-0.05, 0) is 41.5 Å². The number of nitrogens with one attached hydrogen (secondary N) is 1. The van der Waals surface area contributed by atoms with E-state index in [-0.39, 0.29) is 25.5 Å². The molecule has 7 heteroatoms. The van der Waals surface area contributed by atoms with E-state index in [1.54, 1.807) is 36.4 Å². The van der Waals surface area contributed by atoms with Crippen LogP contribution >= 0.6 is 0 Å². The van der Waals surface area contributed by atoms with E-state index in [1.807, 2.05) is 72.8 Å². The van der Waals surface area contributed by atoms with Crippen molar-refractivity contribution in [1.82, 2.24) is 4.90 Å². The molecule has 7 nitrogen and oxygen atoms in total. The maximum Gasteiger partial charge on any atom is 0.308 e. The first-order valence-electron chi connectivity index (χ1n) is 12.3. The molecule has 0 saturated carbocycles. The maximum atomic E-state index is 13.5. The Kier molecular flexibility index (Phi) is 7.45. The topological polar surface area (TPSA) is 84.9 Å². The number of amides is 2. The minimum atomic E-state index is -1.06. The first-order valence-corrected chi connectivity index (χ1v) is 12.3. The molecule has 0 aliphatic carbocycles. The molecule has 0 aromatic heterocycles. The molecule has 4 aromatic rings. The quantitative estimate of drug-likeness (QED) is 0.300. The van der Waals surface area contributed by atoms with Crippen molar-refractivity contribution in [2.75, 3.05) is 5.32 Å². The third-order valence-electron chi connectivity index (χ3n) is 6.21. The molecule has 0 radical (unpaired) electrons. The van der Waals surface area contributed by atoms with Crippen molar-refractivity contribution in [3.63, 3.8) is 0 Å². The van der Waals surface area contributed by atoms with Crippen molar-refractivity contribution in [1.29, 1.82) is 0 Å². The van der Waals surface area contributed by atoms with Gasteiger partial charge in [0.2, 0.25) is 5.91 Å². The van der Waals surface area contributed by atoms with E-state index in [0.29, 0.717) is 22.7 Å². The van der Waals surface area contributed by atoms with E-state index in [9.17, 15) is 14.4 Å². The number of hydrogen-bond acceptors (Lipinski definition) is 5. The highest BCUT2D eigenvalue weighted by Gasteiger charge is 2.38. The first-order chi connectivity index (χ1) is 18.6. The van der Waals surface area contributed by atoms with E-state index in [0.717, 1.165) is 11.1 Å². The molecule has 0 fully saturated rings. The van der Waals surface area contributed by atoms with Crippen molar-refractivity contribution in [2.24, 2.45) is 0 Å². The number of para-hydroxylation sites is 1. The maximum absolute atomic E-state index is 13.5. The van der Waals surface area contributed by atoms with Gasteiger partial charge in [-0.25, -0.2) is 0 Å². The van der Waals surface area contributed by atoms with Crippen LogP contribution in [0.4, 0.5) is 5.69 Å². The summed E-state index contributed by atoms with van der Waals surface area (Å²) in [7, 11) is 0. The van der Waals surface area contributed by atoms with Crippen molar-refractivity contribution in [3.8, 4) is 11.5 Å². The van der Waals surface area contributed by atoms with E-state index < -0.39 is 17.9 Å². The van der Waals surface area contributed by atoms with Gasteiger partial charge in [0.05, 0.1) is 6.42 Å². The van der Waals surface area contributed by atoms with Crippen LogP contribution < -0.4 is 10.1 Å². The average molecular weight is 507 g/mol. The number of rotatable bonds is 9. The lowest BCUT2D eigenvalue weighted by molar-refractivity contribution is -0.147. The van der Waals surface area contributed by atoms with Gasteiger partial charge in [-0.2, -0.15) is 0 Å². The van der Waals surface area contributed by atoms with Gasteiger partial charge in [0.15, 0.2) is 0 Å². The Balaban J connectivity index is 1.32. The number of anilines is 1. The van der Waals surface area contributed by atoms with Crippen LogP contribution in [0.2, 0.25) is 0 Å². The van der Waals surface area contributed by atoms with Crippen molar-refractivity contribution in [2.45, 2.75) is 25.6 Å². The highest BCUT2D eigenvalue weighted by Crippen LogP contribution is 2.28. The van der Waals surface area contributed by atoms with E-state index in [1.165, 1.54) is 4.90 Å². The highest BCUT2D eigenvalue weighted by atomic mass is 16.5. The van der Waals surface area contributed by atoms with Crippen LogP contribution in [0.1, 0.15) is 27.9 Å². The zero-order valence-corrected chi connectivity index (χ0v) is 20.6. The Hall–Kier alpha value is -4.91. The van der Waals surface area contributed by atoms with Gasteiger partial charge in [0.1, 0.15) is 24.1 Å². The molecule has 2 amide bonds. The van der Waals surface area contributed by atoms with Crippen LogP contribution in [0.15, 0.2) is 109 Å². The average Bonchev–Trinajstić information content (AvgIpc) is 3.28. The summed E-state index contributed by atoms with van der Waals surface area (Å²) in [5.41, 5.74) is 2.66. The van der Waals surface area contributed by atoms with Gasteiger partial charge in [-0.15, -0.1) is 0 Å². The molecule has 38 heavy (non-hydrogen) atoms. The van der Waals surface area contributed by atoms with Crippen molar-refractivity contribution >= 4 is 23.5 Å². The molecule has 1 heterocycles. The SMILES string of the molecule is O=C(CC(C(=O)Nc1cccc(Oc2ccccc2)c1)N1Cc2ccccc2C1=O)OCc1ccccc1. The summed E-state index contributed by atoms with van der Waals surface area (Å²) >= 11 is 0. The second kappa shape index (κ2) is 11.4. The molecule has 0 spiro atoms. The first kappa shape index (κ1) is 24.8. The van der Waals surface area contributed by atoms with Crippen LogP contribution in [0, 0.1) is 0 Å². The van der Waals surface area contributed by atoms with Gasteiger partial charge < -0.3 is 19.7 Å². The predicted octanol–water partition coefficient (Wildman–Crippen LogP) is 5.58. The molecule has 5 rings (SSSR count). The van der Waals surface area contributed by atoms with Crippen LogP contribution in [-0.4, -0.2) is 28.7 Å². The fraction of sp³-hybridized carbons (Fsp3) is 0.129. The Labute approximate surface area is 220 Å². The van der Waals surface area contributed by atoms with Crippen molar-refractivity contribution < 1.29 is 23.9 Å². The lowest BCUT2D eigenvalue weighted by atomic mass is 10.1. The predicted molar refractivity (Wildman–Crippen MR) is 143 cm³/mol. The fourth-order valence-electron chi connectivity index (χ4n) is 4.32. The second-order valence-electron chi connectivity index (χ2n) is 8.89. The standard InChI is InChI=1S/C31H26N2O5/c34-29(37-21-22-10-3-1-4-11-22)19-28(33-20-23-12-7-8-17-27(23)31(33)36)30(35)32-24-13-9-16-26(18-24)38-25-14-5-2-6-15-25/h1-18,28H,19-21H2,(H,32,35). The summed E-state index contributed by atoms with van der Waals surface area (Å²) < 4.78 is 11.3. The number of ether oxygens (including phenoxy) is 2. The van der Waals surface area contributed by atoms with Crippen LogP contribution in [-0.2, 0) is 27.5 Å². The van der Waals surface area contributed by atoms with Crippen molar-refractivity contribution in [3.05, 3.63) is 126 Å². The molecule has 4 aromatic carbocycles.